The van der Waals surface area contributed by atoms with E-state index in [0.717, 1.165) is 25.3 Å². The van der Waals surface area contributed by atoms with Crippen LogP contribution in [0, 0.1) is 0 Å². The van der Waals surface area contributed by atoms with Gasteiger partial charge in [0.2, 0.25) is 0 Å². The molecule has 0 radical (unpaired) electrons. The number of carbonyl (C=O) groups is 2. The van der Waals surface area contributed by atoms with E-state index in [4.69, 9.17) is 0 Å². The van der Waals surface area contributed by atoms with Crippen molar-refractivity contribution in [2.45, 2.75) is 19.4 Å². The van der Waals surface area contributed by atoms with E-state index in [1.807, 2.05) is 13.2 Å². The third kappa shape index (κ3) is 3.88. The molecule has 0 bridgehead atoms. The van der Waals surface area contributed by atoms with Crippen molar-refractivity contribution in [3.8, 4) is 0 Å². The van der Waals surface area contributed by atoms with Crippen LogP contribution in [-0.2, 0) is 9.59 Å². The summed E-state index contributed by atoms with van der Waals surface area (Å²) < 4.78 is 0. The van der Waals surface area contributed by atoms with Crippen LogP contribution in [0.5, 0.6) is 0 Å². The number of nitrogens with zero attached hydrogens (tertiary/aromatic N) is 2. The number of nitrogens with one attached hydrogen (secondary N) is 1. The molecular weight excluding hydrogens is 250 g/mol. The molecule has 1 heterocycles. The van der Waals surface area contributed by atoms with E-state index in [9.17, 15) is 9.59 Å². The van der Waals surface area contributed by atoms with E-state index in [1.165, 1.54) is 0 Å². The number of rotatable bonds is 4. The average Bonchev–Trinajstić information content (AvgIpc) is 2.43. The van der Waals surface area contributed by atoms with Crippen LogP contribution in [0.1, 0.15) is 13.3 Å². The van der Waals surface area contributed by atoms with Gasteiger partial charge in [-0.1, -0.05) is 6.92 Å². The number of carbonyl (C=O) groups excluding carboxylic acids is 2. The van der Waals surface area contributed by atoms with E-state index < -0.39 is 0 Å². The van der Waals surface area contributed by atoms with Gasteiger partial charge in [-0.25, -0.2) is 0 Å². The van der Waals surface area contributed by atoms with Gasteiger partial charge in [0.25, 0.3) is 0 Å². The van der Waals surface area contributed by atoms with Crippen molar-refractivity contribution in [3.63, 3.8) is 0 Å². The fraction of sp³-hybridized carbons (Fsp3) is 0.833. The van der Waals surface area contributed by atoms with Gasteiger partial charge >= 0.3 is 11.8 Å². The molecule has 1 N–H and O–H groups in total. The summed E-state index contributed by atoms with van der Waals surface area (Å²) in [6.07, 6.45) is 2.89. The average molecular weight is 273 g/mol. The maximum absolute atomic E-state index is 12.1. The summed E-state index contributed by atoms with van der Waals surface area (Å²) in [5.41, 5.74) is 0. The van der Waals surface area contributed by atoms with Gasteiger partial charge in [-0.2, -0.15) is 11.8 Å². The first kappa shape index (κ1) is 15.3. The molecule has 1 aliphatic heterocycles. The lowest BCUT2D eigenvalue weighted by Gasteiger charge is -2.31. The molecule has 18 heavy (non-hydrogen) atoms. The summed E-state index contributed by atoms with van der Waals surface area (Å²) >= 11 is 1.70. The third-order valence-electron chi connectivity index (χ3n) is 3.29. The molecule has 5 nitrogen and oxygen atoms in total. The Balaban J connectivity index is 2.58. The van der Waals surface area contributed by atoms with E-state index >= 15 is 0 Å². The molecule has 1 unspecified atom stereocenters. The van der Waals surface area contributed by atoms with Gasteiger partial charge in [-0.3, -0.25) is 9.59 Å². The summed E-state index contributed by atoms with van der Waals surface area (Å²) in [6, 6.07) is 0.138. The maximum atomic E-state index is 12.1. The van der Waals surface area contributed by atoms with Crippen molar-refractivity contribution in [1.29, 1.82) is 0 Å². The predicted molar refractivity (Wildman–Crippen MR) is 74.7 cm³/mol. The van der Waals surface area contributed by atoms with Crippen LogP contribution >= 0.6 is 11.8 Å². The summed E-state index contributed by atoms with van der Waals surface area (Å²) in [6.45, 7) is 4.82. The number of hydrogen-bond acceptors (Lipinski definition) is 4. The number of thioether (sulfide) groups is 1. The minimum atomic E-state index is -0.377. The third-order valence-corrected chi connectivity index (χ3v) is 4.00. The van der Waals surface area contributed by atoms with Crippen LogP contribution in [0.25, 0.3) is 0 Å². The van der Waals surface area contributed by atoms with E-state index in [-0.39, 0.29) is 17.9 Å². The van der Waals surface area contributed by atoms with Crippen LogP contribution in [0.4, 0.5) is 0 Å². The summed E-state index contributed by atoms with van der Waals surface area (Å²) in [5.74, 6) is 0.129. The second kappa shape index (κ2) is 7.63. The van der Waals surface area contributed by atoms with Crippen molar-refractivity contribution in [1.82, 2.24) is 15.1 Å². The Morgan fingerprint density at radius 3 is 2.50 bits per heavy atom. The SMILES string of the molecule is CCC(CSC)N(C)C(=O)C(=O)N1CCNCC1. The van der Waals surface area contributed by atoms with Crippen molar-refractivity contribution < 1.29 is 9.59 Å². The molecule has 0 saturated carbocycles. The number of piperazine rings is 1. The minimum absolute atomic E-state index is 0.138. The number of hydrogen-bond donors (Lipinski definition) is 1. The lowest BCUT2D eigenvalue weighted by Crippen LogP contribution is -2.53. The molecule has 2 amide bonds. The molecule has 6 heteroatoms. The Hall–Kier alpha value is -0.750. The molecular formula is C12H23N3O2S. The van der Waals surface area contributed by atoms with E-state index in [2.05, 4.69) is 5.32 Å². The lowest BCUT2D eigenvalue weighted by molar-refractivity contribution is -0.152. The van der Waals surface area contributed by atoms with Crippen molar-refractivity contribution >= 4 is 23.6 Å². The van der Waals surface area contributed by atoms with Crippen LogP contribution in [0.2, 0.25) is 0 Å². The molecule has 0 aliphatic carbocycles. The Morgan fingerprint density at radius 1 is 1.39 bits per heavy atom. The first-order valence-corrected chi connectivity index (χ1v) is 7.76. The van der Waals surface area contributed by atoms with Gasteiger partial charge in [0.1, 0.15) is 0 Å². The second-order valence-electron chi connectivity index (χ2n) is 4.48. The first-order chi connectivity index (χ1) is 8.61. The molecule has 1 aliphatic rings. The zero-order valence-corrected chi connectivity index (χ0v) is 12.3. The van der Waals surface area contributed by atoms with E-state index in [0.29, 0.717) is 13.1 Å². The van der Waals surface area contributed by atoms with Crippen LogP contribution in [0.3, 0.4) is 0 Å². The topological polar surface area (TPSA) is 52.7 Å². The highest BCUT2D eigenvalue weighted by Gasteiger charge is 2.28. The maximum Gasteiger partial charge on any atom is 0.312 e. The number of likely N-dealkylation sites (N-methyl/N-ethyl adjacent to an activating group) is 1. The van der Waals surface area contributed by atoms with Gasteiger partial charge in [0.05, 0.1) is 0 Å². The molecule has 0 aromatic carbocycles. The molecule has 0 spiro atoms. The highest BCUT2D eigenvalue weighted by molar-refractivity contribution is 7.98. The predicted octanol–water partition coefficient (Wildman–Crippen LogP) is 0.0182. The Bertz CT molecular complexity index is 293. The summed E-state index contributed by atoms with van der Waals surface area (Å²) in [4.78, 5) is 27.4. The minimum Gasteiger partial charge on any atom is -0.334 e. The van der Waals surface area contributed by atoms with Gasteiger partial charge < -0.3 is 15.1 Å². The van der Waals surface area contributed by atoms with Gasteiger partial charge in [0, 0.05) is 45.0 Å². The largest absolute Gasteiger partial charge is 0.334 e. The fourth-order valence-electron chi connectivity index (χ4n) is 2.02. The van der Waals surface area contributed by atoms with Gasteiger partial charge in [-0.15, -0.1) is 0 Å². The van der Waals surface area contributed by atoms with Crippen molar-refractivity contribution in [2.75, 3.05) is 45.2 Å². The lowest BCUT2D eigenvalue weighted by atomic mass is 10.2. The highest BCUT2D eigenvalue weighted by Crippen LogP contribution is 2.09. The Kier molecular flexibility index (Phi) is 6.49. The van der Waals surface area contributed by atoms with Crippen LogP contribution in [-0.4, -0.2) is 72.9 Å². The molecule has 1 fully saturated rings. The normalized spacial score (nSPS) is 17.4. The van der Waals surface area contributed by atoms with Crippen molar-refractivity contribution in [3.05, 3.63) is 0 Å². The van der Waals surface area contributed by atoms with Crippen molar-refractivity contribution in [2.24, 2.45) is 0 Å². The monoisotopic (exact) mass is 273 g/mol. The fourth-order valence-corrected chi connectivity index (χ4v) is 2.86. The van der Waals surface area contributed by atoms with Gasteiger partial charge in [-0.05, 0) is 12.7 Å². The summed E-state index contributed by atoms with van der Waals surface area (Å²) in [7, 11) is 1.73. The number of amides is 2. The highest BCUT2D eigenvalue weighted by atomic mass is 32.2. The Morgan fingerprint density at radius 2 is 2.00 bits per heavy atom. The summed E-state index contributed by atoms with van der Waals surface area (Å²) in [5, 5.41) is 3.17. The molecule has 0 aromatic rings. The standard InChI is InChI=1S/C12H23N3O2S/c1-4-10(9-18-3)14(2)11(16)12(17)15-7-5-13-6-8-15/h10,13H,4-9H2,1-3H3. The quantitative estimate of drug-likeness (QED) is 0.734. The zero-order valence-electron chi connectivity index (χ0n) is 11.4. The van der Waals surface area contributed by atoms with Gasteiger partial charge in [0.15, 0.2) is 0 Å². The van der Waals surface area contributed by atoms with E-state index in [1.54, 1.807) is 28.6 Å². The first-order valence-electron chi connectivity index (χ1n) is 6.37. The molecule has 1 rings (SSSR count). The second-order valence-corrected chi connectivity index (χ2v) is 5.39. The molecule has 1 atom stereocenters. The van der Waals surface area contributed by atoms with Crippen LogP contribution < -0.4 is 5.32 Å². The Labute approximate surface area is 113 Å². The molecule has 0 aromatic heterocycles. The van der Waals surface area contributed by atoms with Crippen LogP contribution in [0.15, 0.2) is 0 Å². The zero-order chi connectivity index (χ0) is 13.5. The molecule has 1 saturated heterocycles. The smallest absolute Gasteiger partial charge is 0.312 e. The molecule has 104 valence electrons.